The van der Waals surface area contributed by atoms with Gasteiger partial charge < -0.3 is 5.32 Å². The molecular formula is C19H28FN. The average Bonchev–Trinajstić information content (AvgIpc) is 2.75. The van der Waals surface area contributed by atoms with E-state index in [0.717, 1.165) is 23.6 Å². The molecule has 2 fully saturated rings. The van der Waals surface area contributed by atoms with E-state index < -0.39 is 0 Å². The topological polar surface area (TPSA) is 12.0 Å². The van der Waals surface area contributed by atoms with Crippen LogP contribution in [0, 0.1) is 36.4 Å². The summed E-state index contributed by atoms with van der Waals surface area (Å²) in [5.41, 5.74) is 3.56. The van der Waals surface area contributed by atoms with Crippen LogP contribution in [0.1, 0.15) is 56.7 Å². The minimum Gasteiger partial charge on any atom is -0.309 e. The first kappa shape index (κ1) is 15.0. The zero-order chi connectivity index (χ0) is 15.4. The summed E-state index contributed by atoms with van der Waals surface area (Å²) < 4.78 is 13.7. The number of nitrogens with one attached hydrogen (secondary N) is 1. The van der Waals surface area contributed by atoms with Crippen molar-refractivity contribution in [2.45, 2.75) is 66.5 Å². The second-order valence-electron chi connectivity index (χ2n) is 8.09. The van der Waals surface area contributed by atoms with Gasteiger partial charge in [0, 0.05) is 12.6 Å². The van der Waals surface area contributed by atoms with Crippen LogP contribution in [-0.2, 0) is 6.54 Å². The summed E-state index contributed by atoms with van der Waals surface area (Å²) >= 11 is 0. The van der Waals surface area contributed by atoms with Gasteiger partial charge in [0.1, 0.15) is 5.82 Å². The molecule has 0 radical (unpaired) electrons. The second-order valence-corrected chi connectivity index (χ2v) is 8.09. The highest BCUT2D eigenvalue weighted by atomic mass is 19.1. The van der Waals surface area contributed by atoms with Gasteiger partial charge in [-0.15, -0.1) is 0 Å². The van der Waals surface area contributed by atoms with Crippen LogP contribution in [0.2, 0.25) is 0 Å². The molecule has 0 aliphatic heterocycles. The first-order valence-corrected chi connectivity index (χ1v) is 8.25. The quantitative estimate of drug-likeness (QED) is 0.847. The molecule has 2 bridgehead atoms. The van der Waals surface area contributed by atoms with E-state index in [9.17, 15) is 4.39 Å². The van der Waals surface area contributed by atoms with E-state index in [0.29, 0.717) is 16.9 Å². The van der Waals surface area contributed by atoms with Crippen LogP contribution >= 0.6 is 0 Å². The molecule has 3 unspecified atom stereocenters. The predicted molar refractivity (Wildman–Crippen MR) is 85.7 cm³/mol. The minimum absolute atomic E-state index is 0.0632. The third-order valence-corrected chi connectivity index (χ3v) is 6.84. The molecule has 2 heteroatoms. The van der Waals surface area contributed by atoms with Gasteiger partial charge in [-0.05, 0) is 66.5 Å². The maximum atomic E-state index is 13.7. The van der Waals surface area contributed by atoms with Crippen LogP contribution in [0.5, 0.6) is 0 Å². The van der Waals surface area contributed by atoms with E-state index in [2.05, 4.69) is 26.1 Å². The lowest BCUT2D eigenvalue weighted by atomic mass is 9.69. The summed E-state index contributed by atoms with van der Waals surface area (Å²) in [5.74, 6) is 0.795. The number of rotatable bonds is 3. The third-order valence-electron chi connectivity index (χ3n) is 6.84. The van der Waals surface area contributed by atoms with Gasteiger partial charge in [0.25, 0.3) is 0 Å². The highest BCUT2D eigenvalue weighted by molar-refractivity contribution is 5.30. The number of benzene rings is 1. The molecule has 0 amide bonds. The molecule has 0 saturated heterocycles. The Hall–Kier alpha value is -0.890. The van der Waals surface area contributed by atoms with Crippen LogP contribution in [-0.4, -0.2) is 6.04 Å². The summed E-state index contributed by atoms with van der Waals surface area (Å²) in [6.07, 6.45) is 4.02. The van der Waals surface area contributed by atoms with Gasteiger partial charge in [-0.3, -0.25) is 0 Å². The molecule has 3 atom stereocenters. The van der Waals surface area contributed by atoms with Gasteiger partial charge in [0.15, 0.2) is 0 Å². The molecule has 0 heterocycles. The summed E-state index contributed by atoms with van der Waals surface area (Å²) in [7, 11) is 0. The summed E-state index contributed by atoms with van der Waals surface area (Å²) in [6, 6.07) is 4.56. The number of aryl methyl sites for hydroxylation is 2. The van der Waals surface area contributed by atoms with Crippen LogP contribution < -0.4 is 5.32 Å². The molecule has 2 aliphatic carbocycles. The summed E-state index contributed by atoms with van der Waals surface area (Å²) in [5, 5.41) is 3.78. The monoisotopic (exact) mass is 289 g/mol. The Kier molecular flexibility index (Phi) is 3.44. The largest absolute Gasteiger partial charge is 0.309 e. The zero-order valence-corrected chi connectivity index (χ0v) is 14.0. The van der Waals surface area contributed by atoms with E-state index in [1.54, 1.807) is 0 Å². The average molecular weight is 289 g/mol. The van der Waals surface area contributed by atoms with Gasteiger partial charge in [-0.2, -0.15) is 0 Å². The Balaban J connectivity index is 1.72. The summed E-state index contributed by atoms with van der Waals surface area (Å²) in [4.78, 5) is 0. The molecule has 0 spiro atoms. The molecule has 116 valence electrons. The Morgan fingerprint density at radius 2 is 1.81 bits per heavy atom. The van der Waals surface area contributed by atoms with Crippen molar-refractivity contribution in [3.8, 4) is 0 Å². The SMILES string of the molecule is Cc1cc(CNC2CC3CCC2(C)C3(C)C)cc(C)c1F. The fraction of sp³-hybridized carbons (Fsp3) is 0.684. The van der Waals surface area contributed by atoms with E-state index in [1.165, 1.54) is 24.8 Å². The maximum Gasteiger partial charge on any atom is 0.129 e. The second kappa shape index (κ2) is 4.81. The first-order chi connectivity index (χ1) is 9.75. The zero-order valence-electron chi connectivity index (χ0n) is 14.0. The van der Waals surface area contributed by atoms with Crippen molar-refractivity contribution in [2.24, 2.45) is 16.7 Å². The highest BCUT2D eigenvalue weighted by Gasteiger charge is 2.60. The molecule has 1 aromatic rings. The minimum atomic E-state index is -0.0632. The fourth-order valence-corrected chi connectivity index (χ4v) is 4.89. The lowest BCUT2D eigenvalue weighted by Gasteiger charge is -2.39. The lowest BCUT2D eigenvalue weighted by molar-refractivity contribution is 0.120. The first-order valence-electron chi connectivity index (χ1n) is 8.25. The molecule has 1 aromatic carbocycles. The van der Waals surface area contributed by atoms with Crippen molar-refractivity contribution < 1.29 is 4.39 Å². The normalized spacial score (nSPS) is 33.6. The fourth-order valence-electron chi connectivity index (χ4n) is 4.89. The molecule has 2 saturated carbocycles. The van der Waals surface area contributed by atoms with E-state index in [4.69, 9.17) is 0 Å². The van der Waals surface area contributed by atoms with Crippen molar-refractivity contribution in [3.63, 3.8) is 0 Å². The Morgan fingerprint density at radius 3 is 2.29 bits per heavy atom. The van der Waals surface area contributed by atoms with Gasteiger partial charge in [-0.25, -0.2) is 4.39 Å². The van der Waals surface area contributed by atoms with E-state index in [1.807, 2.05) is 26.0 Å². The number of fused-ring (bicyclic) bond motifs is 2. The van der Waals surface area contributed by atoms with E-state index in [-0.39, 0.29) is 5.82 Å². The van der Waals surface area contributed by atoms with Crippen LogP contribution in [0.25, 0.3) is 0 Å². The van der Waals surface area contributed by atoms with Crippen LogP contribution in [0.4, 0.5) is 4.39 Å². The lowest BCUT2D eigenvalue weighted by Crippen LogP contribution is -2.44. The van der Waals surface area contributed by atoms with Crippen molar-refractivity contribution in [1.29, 1.82) is 0 Å². The Morgan fingerprint density at radius 1 is 1.19 bits per heavy atom. The molecule has 3 rings (SSSR count). The molecule has 21 heavy (non-hydrogen) atoms. The number of hydrogen-bond acceptors (Lipinski definition) is 1. The van der Waals surface area contributed by atoms with Crippen LogP contribution in [0.3, 0.4) is 0 Å². The molecular weight excluding hydrogens is 261 g/mol. The van der Waals surface area contributed by atoms with Gasteiger partial charge in [0.05, 0.1) is 0 Å². The number of hydrogen-bond donors (Lipinski definition) is 1. The maximum absolute atomic E-state index is 13.7. The van der Waals surface area contributed by atoms with E-state index >= 15 is 0 Å². The highest BCUT2D eigenvalue weighted by Crippen LogP contribution is 2.65. The van der Waals surface area contributed by atoms with Gasteiger partial charge in [0.2, 0.25) is 0 Å². The van der Waals surface area contributed by atoms with Crippen molar-refractivity contribution in [3.05, 3.63) is 34.6 Å². The van der Waals surface area contributed by atoms with Crippen molar-refractivity contribution in [2.75, 3.05) is 0 Å². The molecule has 0 aromatic heterocycles. The van der Waals surface area contributed by atoms with Crippen LogP contribution in [0.15, 0.2) is 12.1 Å². The van der Waals surface area contributed by atoms with Crippen molar-refractivity contribution in [1.82, 2.24) is 5.32 Å². The molecule has 1 N–H and O–H groups in total. The Bertz CT molecular complexity index is 540. The number of halogens is 1. The van der Waals surface area contributed by atoms with Crippen molar-refractivity contribution >= 4 is 0 Å². The standard InChI is InChI=1S/C19H28FN/c1-12-8-14(9-13(2)17(12)20)11-21-16-10-15-6-7-19(16,5)18(15,3)4/h8-9,15-16,21H,6-7,10-11H2,1-5H3. The molecule has 2 aliphatic rings. The smallest absolute Gasteiger partial charge is 0.129 e. The van der Waals surface area contributed by atoms with Gasteiger partial charge in [-0.1, -0.05) is 32.9 Å². The van der Waals surface area contributed by atoms with Gasteiger partial charge >= 0.3 is 0 Å². The summed E-state index contributed by atoms with van der Waals surface area (Å²) in [6.45, 7) is 11.9. The third kappa shape index (κ3) is 2.14. The Labute approximate surface area is 128 Å². The molecule has 1 nitrogen and oxygen atoms in total. The predicted octanol–water partition coefficient (Wildman–Crippen LogP) is 4.75.